The second-order valence-electron chi connectivity index (χ2n) is 8.29. The Hall–Kier alpha value is -2.23. The quantitative estimate of drug-likeness (QED) is 0.710. The summed E-state index contributed by atoms with van der Waals surface area (Å²) < 4.78 is 0. The molecule has 6 heteroatoms. The maximum atomic E-state index is 12.2. The third kappa shape index (κ3) is 4.78. The van der Waals surface area contributed by atoms with Crippen LogP contribution in [0.15, 0.2) is 30.3 Å². The molecule has 0 aliphatic heterocycles. The van der Waals surface area contributed by atoms with Gasteiger partial charge in [-0.25, -0.2) is 0 Å². The molecule has 0 bridgehead atoms. The molecule has 1 heterocycles. The highest BCUT2D eigenvalue weighted by Crippen LogP contribution is 2.43. The van der Waals surface area contributed by atoms with Crippen molar-refractivity contribution < 1.29 is 4.79 Å². The lowest BCUT2D eigenvalue weighted by Crippen LogP contribution is -2.35. The number of thiophene rings is 1. The van der Waals surface area contributed by atoms with Gasteiger partial charge in [-0.05, 0) is 53.9 Å². The number of nitrogens with one attached hydrogen (secondary N) is 2. The lowest BCUT2D eigenvalue weighted by atomic mass is 9.72. The molecule has 146 valence electrons. The van der Waals surface area contributed by atoms with Crippen LogP contribution in [0.3, 0.4) is 0 Å². The molecule has 2 aromatic rings. The summed E-state index contributed by atoms with van der Waals surface area (Å²) in [6.07, 6.45) is 3.28. The Morgan fingerprint density at radius 2 is 2.04 bits per heavy atom. The molecule has 0 saturated heterocycles. The molecule has 28 heavy (non-hydrogen) atoms. The van der Waals surface area contributed by atoms with Crippen molar-refractivity contribution in [2.75, 3.05) is 5.32 Å². The van der Waals surface area contributed by atoms with Crippen molar-refractivity contribution in [3.8, 4) is 6.07 Å². The average molecular weight is 412 g/mol. The van der Waals surface area contributed by atoms with Crippen molar-refractivity contribution >= 4 is 39.6 Å². The number of carbonyl (C=O) groups excluding carboxylic acids is 1. The predicted octanol–water partition coefficient (Wildman–Crippen LogP) is 4.83. The number of thiocarbonyl (C=S) groups is 1. The van der Waals surface area contributed by atoms with Gasteiger partial charge in [0.05, 0.1) is 12.0 Å². The number of nitrogens with zero attached hydrogens (tertiary/aromatic N) is 1. The number of benzene rings is 1. The Morgan fingerprint density at radius 3 is 2.68 bits per heavy atom. The Balaban J connectivity index is 1.67. The molecule has 1 atom stereocenters. The molecule has 1 amide bonds. The highest BCUT2D eigenvalue weighted by atomic mass is 32.1. The molecule has 1 aliphatic rings. The zero-order valence-electron chi connectivity index (χ0n) is 16.5. The van der Waals surface area contributed by atoms with Crippen LogP contribution in [0.25, 0.3) is 0 Å². The first-order valence-corrected chi connectivity index (χ1v) is 10.7. The minimum atomic E-state index is -0.170. The molecule has 1 aromatic heterocycles. The van der Waals surface area contributed by atoms with E-state index >= 15 is 0 Å². The normalized spacial score (nSPS) is 16.0. The van der Waals surface area contributed by atoms with E-state index in [9.17, 15) is 10.1 Å². The monoisotopic (exact) mass is 411 g/mol. The molecule has 4 nitrogen and oxygen atoms in total. The third-order valence-electron chi connectivity index (χ3n) is 5.29. The van der Waals surface area contributed by atoms with Crippen molar-refractivity contribution in [3.05, 3.63) is 51.9 Å². The van der Waals surface area contributed by atoms with Gasteiger partial charge >= 0.3 is 0 Å². The number of hydrogen-bond acceptors (Lipinski definition) is 4. The van der Waals surface area contributed by atoms with E-state index in [1.54, 1.807) is 11.3 Å². The standard InChI is InChI=1S/C22H25N3OS2/c1-22(2,3)15-9-10-16-17(13-23)20(28-18(16)12-15)25-21(27)24-19(26)11-14-7-5-4-6-8-14/h4-8,15H,9-12H2,1-3H3,(H2,24,25,26,27). The second kappa shape index (κ2) is 8.42. The number of nitriles is 1. The molecule has 1 unspecified atom stereocenters. The van der Waals surface area contributed by atoms with Gasteiger partial charge in [0, 0.05) is 4.88 Å². The Bertz CT molecular complexity index is 920. The van der Waals surface area contributed by atoms with Crippen LogP contribution in [0.5, 0.6) is 0 Å². The molecular weight excluding hydrogens is 386 g/mol. The zero-order chi connectivity index (χ0) is 20.3. The van der Waals surface area contributed by atoms with Gasteiger partial charge in [0.1, 0.15) is 11.1 Å². The number of carbonyl (C=O) groups is 1. The molecule has 0 fully saturated rings. The topological polar surface area (TPSA) is 64.9 Å². The van der Waals surface area contributed by atoms with Gasteiger partial charge in [0.2, 0.25) is 5.91 Å². The largest absolute Gasteiger partial charge is 0.323 e. The summed E-state index contributed by atoms with van der Waals surface area (Å²) >= 11 is 6.91. The van der Waals surface area contributed by atoms with Crippen LogP contribution >= 0.6 is 23.6 Å². The van der Waals surface area contributed by atoms with E-state index in [1.807, 2.05) is 30.3 Å². The van der Waals surface area contributed by atoms with E-state index in [4.69, 9.17) is 12.2 Å². The SMILES string of the molecule is CC(C)(C)C1CCc2c(sc(NC(=S)NC(=O)Cc3ccccc3)c2C#N)C1. The van der Waals surface area contributed by atoms with Crippen molar-refractivity contribution in [2.24, 2.45) is 11.3 Å². The van der Waals surface area contributed by atoms with Crippen molar-refractivity contribution in [1.29, 1.82) is 5.26 Å². The summed E-state index contributed by atoms with van der Waals surface area (Å²) in [7, 11) is 0. The molecule has 0 saturated carbocycles. The summed E-state index contributed by atoms with van der Waals surface area (Å²) in [4.78, 5) is 13.5. The smallest absolute Gasteiger partial charge is 0.230 e. The Morgan fingerprint density at radius 1 is 1.32 bits per heavy atom. The lowest BCUT2D eigenvalue weighted by Gasteiger charge is -2.33. The third-order valence-corrected chi connectivity index (χ3v) is 6.66. The summed E-state index contributed by atoms with van der Waals surface area (Å²) in [5.74, 6) is 0.437. The van der Waals surface area contributed by atoms with Crippen LogP contribution in [0.4, 0.5) is 5.00 Å². The van der Waals surface area contributed by atoms with Crippen LogP contribution in [0, 0.1) is 22.7 Å². The molecule has 0 radical (unpaired) electrons. The van der Waals surface area contributed by atoms with E-state index in [-0.39, 0.29) is 22.9 Å². The second-order valence-corrected chi connectivity index (χ2v) is 9.80. The summed E-state index contributed by atoms with van der Waals surface area (Å²) in [6, 6.07) is 11.9. The van der Waals surface area contributed by atoms with Gasteiger partial charge in [-0.1, -0.05) is 51.1 Å². The summed E-state index contributed by atoms with van der Waals surface area (Å²) in [6.45, 7) is 6.83. The predicted molar refractivity (Wildman–Crippen MR) is 119 cm³/mol. The van der Waals surface area contributed by atoms with Gasteiger partial charge in [-0.3, -0.25) is 4.79 Å². The number of fused-ring (bicyclic) bond motifs is 1. The highest BCUT2D eigenvalue weighted by Gasteiger charge is 2.32. The minimum Gasteiger partial charge on any atom is -0.323 e. The number of anilines is 1. The molecule has 0 spiro atoms. The first kappa shape index (κ1) is 20.5. The van der Waals surface area contributed by atoms with Gasteiger partial charge in [-0.2, -0.15) is 5.26 Å². The average Bonchev–Trinajstić information content (AvgIpc) is 2.97. The van der Waals surface area contributed by atoms with Crippen LogP contribution < -0.4 is 10.6 Å². The van der Waals surface area contributed by atoms with Crippen LogP contribution in [0.1, 0.15) is 48.8 Å². The van der Waals surface area contributed by atoms with Gasteiger partial charge < -0.3 is 10.6 Å². The molecule has 3 rings (SSSR count). The van der Waals surface area contributed by atoms with E-state index < -0.39 is 0 Å². The fourth-order valence-electron chi connectivity index (χ4n) is 3.62. The summed E-state index contributed by atoms with van der Waals surface area (Å²) in [5, 5.41) is 16.5. The van der Waals surface area contributed by atoms with Gasteiger partial charge in [0.25, 0.3) is 0 Å². The Labute approximate surface area is 176 Å². The van der Waals surface area contributed by atoms with E-state index in [2.05, 4.69) is 37.5 Å². The zero-order valence-corrected chi connectivity index (χ0v) is 18.1. The number of rotatable bonds is 3. The lowest BCUT2D eigenvalue weighted by molar-refractivity contribution is -0.119. The van der Waals surface area contributed by atoms with Gasteiger partial charge in [0.15, 0.2) is 5.11 Å². The molecule has 2 N–H and O–H groups in total. The first-order valence-electron chi connectivity index (χ1n) is 9.47. The molecule has 1 aliphatic carbocycles. The minimum absolute atomic E-state index is 0.170. The molecular formula is C22H25N3OS2. The molecule has 1 aromatic carbocycles. The Kier molecular flexibility index (Phi) is 6.17. The summed E-state index contributed by atoms with van der Waals surface area (Å²) in [5.41, 5.74) is 3.00. The van der Waals surface area contributed by atoms with Crippen LogP contribution in [0.2, 0.25) is 0 Å². The maximum Gasteiger partial charge on any atom is 0.230 e. The fourth-order valence-corrected chi connectivity index (χ4v) is 5.18. The fraction of sp³-hybridized carbons (Fsp3) is 0.409. The van der Waals surface area contributed by atoms with Crippen LogP contribution in [-0.2, 0) is 24.1 Å². The van der Waals surface area contributed by atoms with E-state index in [0.29, 0.717) is 11.5 Å². The first-order chi connectivity index (χ1) is 13.3. The van der Waals surface area contributed by atoms with Crippen molar-refractivity contribution in [1.82, 2.24) is 5.32 Å². The van der Waals surface area contributed by atoms with Crippen molar-refractivity contribution in [3.63, 3.8) is 0 Å². The number of amides is 1. The van der Waals surface area contributed by atoms with E-state index in [1.165, 1.54) is 4.88 Å². The maximum absolute atomic E-state index is 12.2. The van der Waals surface area contributed by atoms with Crippen molar-refractivity contribution in [2.45, 2.75) is 46.5 Å². The van der Waals surface area contributed by atoms with E-state index in [0.717, 1.165) is 35.4 Å². The van der Waals surface area contributed by atoms with Crippen LogP contribution in [-0.4, -0.2) is 11.0 Å². The van der Waals surface area contributed by atoms with Gasteiger partial charge in [-0.15, -0.1) is 11.3 Å². The number of hydrogen-bond donors (Lipinski definition) is 2. The highest BCUT2D eigenvalue weighted by molar-refractivity contribution is 7.80.